The molecule has 0 aliphatic heterocycles. The van der Waals surface area contributed by atoms with E-state index in [1.807, 2.05) is 30.3 Å². The molecule has 31 heavy (non-hydrogen) atoms. The van der Waals surface area contributed by atoms with Gasteiger partial charge in [-0.2, -0.15) is 0 Å². The molecule has 10 heteroatoms. The number of benzene rings is 1. The van der Waals surface area contributed by atoms with Crippen molar-refractivity contribution in [2.75, 3.05) is 20.2 Å². The van der Waals surface area contributed by atoms with Gasteiger partial charge in [-0.05, 0) is 12.0 Å². The number of likely N-dealkylation sites (N-methyl/N-ethyl adjacent to an activating group) is 1. The van der Waals surface area contributed by atoms with Crippen LogP contribution in [0.15, 0.2) is 42.9 Å². The molecule has 1 heterocycles. The maximum absolute atomic E-state index is 13.0. The fourth-order valence-corrected chi connectivity index (χ4v) is 3.13. The molecule has 0 aliphatic carbocycles. The van der Waals surface area contributed by atoms with E-state index in [1.165, 1.54) is 24.5 Å². The van der Waals surface area contributed by atoms with Crippen LogP contribution in [-0.2, 0) is 27.2 Å². The molecule has 0 aliphatic rings. The first kappa shape index (κ1) is 24.0. The van der Waals surface area contributed by atoms with Gasteiger partial charge in [-0.1, -0.05) is 30.3 Å². The first-order valence-electron chi connectivity index (χ1n) is 9.93. The Hall–Kier alpha value is -3.24. The molecule has 0 spiro atoms. The van der Waals surface area contributed by atoms with Crippen LogP contribution in [0.3, 0.4) is 0 Å². The second kappa shape index (κ2) is 11.8. The number of imidazole rings is 1. The van der Waals surface area contributed by atoms with E-state index in [4.69, 9.17) is 10.8 Å². The lowest BCUT2D eigenvalue weighted by atomic mass is 9.94. The minimum atomic E-state index is -1.07. The molecule has 0 fully saturated rings. The van der Waals surface area contributed by atoms with Crippen LogP contribution >= 0.6 is 0 Å². The van der Waals surface area contributed by atoms with Crippen molar-refractivity contribution in [2.24, 2.45) is 11.7 Å². The van der Waals surface area contributed by atoms with E-state index in [0.717, 1.165) is 5.56 Å². The highest BCUT2D eigenvalue weighted by atomic mass is 16.3. The van der Waals surface area contributed by atoms with Gasteiger partial charge >= 0.3 is 0 Å². The van der Waals surface area contributed by atoms with Gasteiger partial charge in [-0.3, -0.25) is 14.4 Å². The van der Waals surface area contributed by atoms with Gasteiger partial charge in [-0.25, -0.2) is 4.98 Å². The Labute approximate surface area is 180 Å². The van der Waals surface area contributed by atoms with Crippen molar-refractivity contribution >= 4 is 17.7 Å². The Bertz CT molecular complexity index is 843. The fraction of sp³-hybridized carbons (Fsp3) is 0.429. The van der Waals surface area contributed by atoms with Crippen LogP contribution in [0.4, 0.5) is 0 Å². The molecule has 0 saturated carbocycles. The van der Waals surface area contributed by atoms with E-state index in [-0.39, 0.29) is 31.7 Å². The lowest BCUT2D eigenvalue weighted by Gasteiger charge is -2.24. The van der Waals surface area contributed by atoms with Gasteiger partial charge < -0.3 is 31.1 Å². The maximum atomic E-state index is 13.0. The molecule has 1 aromatic heterocycles. The molecule has 2 aromatic rings. The number of nitrogens with zero attached hydrogens (tertiary/aromatic N) is 2. The summed E-state index contributed by atoms with van der Waals surface area (Å²) in [5, 5.41) is 21.2. The minimum absolute atomic E-state index is 0.0568. The smallest absolute Gasteiger partial charge is 0.240 e. The fourth-order valence-electron chi connectivity index (χ4n) is 3.13. The van der Waals surface area contributed by atoms with Crippen molar-refractivity contribution in [2.45, 2.75) is 31.4 Å². The summed E-state index contributed by atoms with van der Waals surface area (Å²) in [5.74, 6) is -2.30. The van der Waals surface area contributed by atoms with Crippen molar-refractivity contribution in [1.29, 1.82) is 0 Å². The van der Waals surface area contributed by atoms with Gasteiger partial charge in [0.25, 0.3) is 0 Å². The van der Waals surface area contributed by atoms with Crippen LogP contribution in [0.2, 0.25) is 0 Å². The van der Waals surface area contributed by atoms with Crippen LogP contribution in [0.1, 0.15) is 17.7 Å². The molecule has 0 bridgehead atoms. The molecule has 1 aromatic carbocycles. The summed E-state index contributed by atoms with van der Waals surface area (Å²) in [7, 11) is 1.49. The van der Waals surface area contributed by atoms with E-state index in [9.17, 15) is 19.5 Å². The molecule has 10 nitrogen and oxygen atoms in total. The zero-order chi connectivity index (χ0) is 22.8. The Morgan fingerprint density at radius 3 is 2.52 bits per heavy atom. The number of nitrogens with one attached hydrogen (secondary N) is 2. The van der Waals surface area contributed by atoms with Gasteiger partial charge in [-0.15, -0.1) is 0 Å². The van der Waals surface area contributed by atoms with Gasteiger partial charge in [0, 0.05) is 38.3 Å². The third kappa shape index (κ3) is 7.83. The number of primary amides is 1. The molecule has 3 atom stereocenters. The van der Waals surface area contributed by atoms with Crippen molar-refractivity contribution in [1.82, 2.24) is 20.2 Å². The number of carbonyl (C=O) groups is 3. The summed E-state index contributed by atoms with van der Waals surface area (Å²) in [4.78, 5) is 45.5. The number of aliphatic hydroxyl groups is 2. The van der Waals surface area contributed by atoms with E-state index < -0.39 is 36.5 Å². The van der Waals surface area contributed by atoms with Crippen LogP contribution in [0.25, 0.3) is 0 Å². The number of hydrogen-bond donors (Lipinski definition) is 5. The highest BCUT2D eigenvalue weighted by molar-refractivity contribution is 5.90. The third-order valence-electron chi connectivity index (χ3n) is 4.88. The topological polar surface area (TPSA) is 162 Å². The molecule has 2 rings (SSSR count). The lowest BCUT2D eigenvalue weighted by molar-refractivity contribution is -0.137. The van der Waals surface area contributed by atoms with Gasteiger partial charge in [0.15, 0.2) is 0 Å². The summed E-state index contributed by atoms with van der Waals surface area (Å²) in [6.07, 6.45) is 2.23. The normalized spacial score (nSPS) is 13.8. The van der Waals surface area contributed by atoms with E-state index in [2.05, 4.69) is 15.3 Å². The average Bonchev–Trinajstić information content (AvgIpc) is 3.26. The number of rotatable bonds is 12. The third-order valence-corrected chi connectivity index (χ3v) is 4.88. The minimum Gasteiger partial charge on any atom is -0.394 e. The number of nitrogens with two attached hydrogens (primary N) is 1. The van der Waals surface area contributed by atoms with Crippen LogP contribution in [0.5, 0.6) is 0 Å². The Morgan fingerprint density at radius 1 is 1.23 bits per heavy atom. The lowest BCUT2D eigenvalue weighted by Crippen LogP contribution is -2.49. The van der Waals surface area contributed by atoms with Gasteiger partial charge in [0.1, 0.15) is 6.04 Å². The predicted molar refractivity (Wildman–Crippen MR) is 112 cm³/mol. The van der Waals surface area contributed by atoms with E-state index >= 15 is 0 Å². The van der Waals surface area contributed by atoms with E-state index in [1.54, 1.807) is 0 Å². The molecule has 0 radical (unpaired) electrons. The second-order valence-corrected chi connectivity index (χ2v) is 7.45. The van der Waals surface area contributed by atoms with E-state index in [0.29, 0.717) is 5.69 Å². The summed E-state index contributed by atoms with van der Waals surface area (Å²) < 4.78 is 0. The van der Waals surface area contributed by atoms with Crippen molar-refractivity contribution in [3.8, 4) is 0 Å². The number of hydrogen-bond acceptors (Lipinski definition) is 6. The van der Waals surface area contributed by atoms with Crippen LogP contribution in [-0.4, -0.2) is 75.1 Å². The van der Waals surface area contributed by atoms with Gasteiger partial charge in [0.2, 0.25) is 17.7 Å². The molecule has 3 unspecified atom stereocenters. The number of carbonyl (C=O) groups excluding carboxylic acids is 3. The molecule has 168 valence electrons. The number of H-pyrrole nitrogens is 1. The summed E-state index contributed by atoms with van der Waals surface area (Å²) >= 11 is 0. The zero-order valence-electron chi connectivity index (χ0n) is 17.4. The Morgan fingerprint density at radius 2 is 1.94 bits per heavy atom. The number of aromatic nitrogens is 2. The molecule has 6 N–H and O–H groups in total. The second-order valence-electron chi connectivity index (χ2n) is 7.45. The zero-order valence-corrected chi connectivity index (χ0v) is 17.4. The van der Waals surface area contributed by atoms with Crippen molar-refractivity contribution < 1.29 is 24.6 Å². The first-order valence-corrected chi connectivity index (χ1v) is 9.93. The quantitative estimate of drug-likeness (QED) is 0.289. The Kier molecular flexibility index (Phi) is 9.16. The highest BCUT2D eigenvalue weighted by Crippen LogP contribution is 2.15. The summed E-state index contributed by atoms with van der Waals surface area (Å²) in [6.45, 7) is -0.530. The Balaban J connectivity index is 2.12. The van der Waals surface area contributed by atoms with Crippen LogP contribution in [0, 0.1) is 5.92 Å². The number of aliphatic hydroxyl groups excluding tert-OH is 2. The molecule has 3 amide bonds. The monoisotopic (exact) mass is 431 g/mol. The molecular formula is C21H29N5O5. The molecule has 0 saturated heterocycles. The predicted octanol–water partition coefficient (Wildman–Crippen LogP) is -1.02. The van der Waals surface area contributed by atoms with Crippen molar-refractivity contribution in [3.05, 3.63) is 54.1 Å². The first-order chi connectivity index (χ1) is 14.8. The summed E-state index contributed by atoms with van der Waals surface area (Å²) in [5.41, 5.74) is 6.95. The average molecular weight is 431 g/mol. The van der Waals surface area contributed by atoms with Crippen LogP contribution < -0.4 is 11.1 Å². The summed E-state index contributed by atoms with van der Waals surface area (Å²) in [6, 6.07) is 8.25. The molecular weight excluding hydrogens is 402 g/mol. The maximum Gasteiger partial charge on any atom is 0.240 e. The highest BCUT2D eigenvalue weighted by Gasteiger charge is 2.28. The van der Waals surface area contributed by atoms with Crippen molar-refractivity contribution in [3.63, 3.8) is 0 Å². The standard InChI is InChI=1S/C21H29N5O5/c1-26(11-17(28)12-27)19(29)8-15(7-14-5-3-2-4-6-14)21(31)25-18(20(22)30)9-16-10-23-13-24-16/h2-6,10,13,15,17-18,27-28H,7-9,11-12H2,1H3,(H2,22,30)(H,23,24)(H,25,31). The SMILES string of the molecule is CN(CC(O)CO)C(=O)CC(Cc1ccccc1)C(=O)NC(Cc1cnc[nH]1)C(N)=O. The largest absolute Gasteiger partial charge is 0.394 e. The number of amides is 3. The number of aromatic amines is 1. The van der Waals surface area contributed by atoms with Gasteiger partial charge in [0.05, 0.1) is 25.0 Å².